The van der Waals surface area contributed by atoms with Gasteiger partial charge in [-0.25, -0.2) is 0 Å². The minimum atomic E-state index is -4.52. The average Bonchev–Trinajstić information content (AvgIpc) is 3.38. The molecule has 1 N–H and O–H groups in total. The van der Waals surface area contributed by atoms with Crippen LogP contribution in [-0.2, 0) is 15.8 Å². The highest BCUT2D eigenvalue weighted by Crippen LogP contribution is 2.36. The van der Waals surface area contributed by atoms with Crippen molar-refractivity contribution in [3.05, 3.63) is 53.1 Å². The van der Waals surface area contributed by atoms with Gasteiger partial charge >= 0.3 is 6.18 Å². The molecule has 2 aliphatic rings. The first-order chi connectivity index (χ1) is 15.1. The van der Waals surface area contributed by atoms with Crippen molar-refractivity contribution in [2.45, 2.75) is 39.3 Å². The van der Waals surface area contributed by atoms with Gasteiger partial charge in [-0.1, -0.05) is 18.2 Å². The van der Waals surface area contributed by atoms with Crippen molar-refractivity contribution < 1.29 is 22.8 Å². The number of amides is 2. The molecule has 1 unspecified atom stereocenters. The first kappa shape index (κ1) is 22.2. The summed E-state index contributed by atoms with van der Waals surface area (Å²) in [4.78, 5) is 29.1. The predicted octanol–water partition coefficient (Wildman–Crippen LogP) is 4.91. The Bertz CT molecular complexity index is 1030. The number of carbonyl (C=O) groups excluding carboxylic acids is 2. The molecule has 5 nitrogen and oxygen atoms in total. The van der Waals surface area contributed by atoms with E-state index < -0.39 is 23.6 Å². The summed E-state index contributed by atoms with van der Waals surface area (Å²) in [6.07, 6.45) is -2.64. The van der Waals surface area contributed by atoms with Gasteiger partial charge in [0.15, 0.2) is 0 Å². The number of anilines is 3. The Hall–Kier alpha value is -3.03. The van der Waals surface area contributed by atoms with E-state index >= 15 is 0 Å². The Morgan fingerprint density at radius 3 is 2.34 bits per heavy atom. The number of carbonyl (C=O) groups is 2. The average molecular weight is 445 g/mol. The molecule has 2 fully saturated rings. The molecular formula is C24H26F3N3O2. The Labute approximate surface area is 185 Å². The number of benzene rings is 2. The number of hydrogen-bond donors (Lipinski definition) is 1. The topological polar surface area (TPSA) is 52.7 Å². The van der Waals surface area contributed by atoms with Crippen LogP contribution >= 0.6 is 0 Å². The van der Waals surface area contributed by atoms with E-state index in [0.29, 0.717) is 18.8 Å². The molecule has 0 aliphatic carbocycles. The van der Waals surface area contributed by atoms with Crippen LogP contribution in [0.4, 0.5) is 30.2 Å². The van der Waals surface area contributed by atoms with Crippen LogP contribution in [0.2, 0.25) is 0 Å². The van der Waals surface area contributed by atoms with Crippen LogP contribution in [-0.4, -0.2) is 31.4 Å². The number of hydrogen-bond acceptors (Lipinski definition) is 3. The zero-order chi connectivity index (χ0) is 23.0. The maximum absolute atomic E-state index is 13.5. The number of nitrogens with zero attached hydrogens (tertiary/aromatic N) is 2. The fourth-order valence-corrected chi connectivity index (χ4v) is 4.58. The number of nitrogens with one attached hydrogen (secondary N) is 1. The molecule has 170 valence electrons. The Morgan fingerprint density at radius 2 is 1.72 bits per heavy atom. The minimum absolute atomic E-state index is 0.0253. The van der Waals surface area contributed by atoms with Gasteiger partial charge in [0.05, 0.1) is 11.5 Å². The first-order valence-corrected chi connectivity index (χ1v) is 10.8. The number of halogens is 3. The molecule has 2 saturated heterocycles. The highest BCUT2D eigenvalue weighted by Gasteiger charge is 2.37. The second-order valence-electron chi connectivity index (χ2n) is 8.60. The van der Waals surface area contributed by atoms with E-state index in [9.17, 15) is 22.8 Å². The number of para-hydroxylation sites is 1. The van der Waals surface area contributed by atoms with Gasteiger partial charge in [0, 0.05) is 43.1 Å². The standard InChI is InChI=1S/C24H26F3N3O2/c1-15-6-5-7-16(2)22(15)30-14-17(10-21(30)31)23(32)28-19-11-18(24(25,26)27)12-20(13-19)29-8-3-4-9-29/h5-7,11-13,17H,3-4,8-10,14H2,1-2H3,(H,28,32). The van der Waals surface area contributed by atoms with Crippen LogP contribution in [0.15, 0.2) is 36.4 Å². The molecule has 0 radical (unpaired) electrons. The second kappa shape index (κ2) is 8.48. The molecular weight excluding hydrogens is 419 g/mol. The minimum Gasteiger partial charge on any atom is -0.371 e. The summed E-state index contributed by atoms with van der Waals surface area (Å²) < 4.78 is 40.4. The summed E-state index contributed by atoms with van der Waals surface area (Å²) in [6, 6.07) is 9.39. The fourth-order valence-electron chi connectivity index (χ4n) is 4.58. The first-order valence-electron chi connectivity index (χ1n) is 10.8. The van der Waals surface area contributed by atoms with Crippen LogP contribution in [0.3, 0.4) is 0 Å². The van der Waals surface area contributed by atoms with Crippen molar-refractivity contribution in [2.24, 2.45) is 5.92 Å². The molecule has 2 aromatic rings. The summed E-state index contributed by atoms with van der Waals surface area (Å²) in [6.45, 7) is 5.40. The highest BCUT2D eigenvalue weighted by molar-refractivity contribution is 6.04. The van der Waals surface area contributed by atoms with Crippen molar-refractivity contribution in [2.75, 3.05) is 34.8 Å². The van der Waals surface area contributed by atoms with E-state index in [1.807, 2.05) is 36.9 Å². The number of aryl methyl sites for hydroxylation is 2. The second-order valence-corrected chi connectivity index (χ2v) is 8.60. The van der Waals surface area contributed by atoms with E-state index in [0.717, 1.165) is 41.8 Å². The van der Waals surface area contributed by atoms with Gasteiger partial charge in [0.1, 0.15) is 0 Å². The molecule has 0 bridgehead atoms. The SMILES string of the molecule is Cc1cccc(C)c1N1CC(C(=O)Nc2cc(N3CCCC3)cc(C(F)(F)F)c2)CC1=O. The summed E-state index contributed by atoms with van der Waals surface area (Å²) in [5.74, 6) is -1.24. The Morgan fingerprint density at radius 1 is 1.06 bits per heavy atom. The molecule has 8 heteroatoms. The Kier molecular flexibility index (Phi) is 5.88. The van der Waals surface area contributed by atoms with E-state index in [-0.39, 0.29) is 24.6 Å². The van der Waals surface area contributed by atoms with Gasteiger partial charge in [-0.2, -0.15) is 13.2 Å². The van der Waals surface area contributed by atoms with E-state index in [1.54, 1.807) is 11.0 Å². The lowest BCUT2D eigenvalue weighted by atomic mass is 10.1. The molecule has 2 aromatic carbocycles. The zero-order valence-corrected chi connectivity index (χ0v) is 18.1. The molecule has 2 amide bonds. The van der Waals surface area contributed by atoms with Crippen molar-refractivity contribution >= 4 is 28.9 Å². The van der Waals surface area contributed by atoms with Crippen molar-refractivity contribution in [1.82, 2.24) is 0 Å². The number of rotatable bonds is 4. The third-order valence-electron chi connectivity index (χ3n) is 6.19. The van der Waals surface area contributed by atoms with E-state index in [4.69, 9.17) is 0 Å². The fraction of sp³-hybridized carbons (Fsp3) is 0.417. The lowest BCUT2D eigenvalue weighted by Gasteiger charge is -2.22. The summed E-state index contributed by atoms with van der Waals surface area (Å²) in [5, 5.41) is 2.64. The summed E-state index contributed by atoms with van der Waals surface area (Å²) in [5.41, 5.74) is 2.43. The van der Waals surface area contributed by atoms with E-state index in [2.05, 4.69) is 5.32 Å². The third-order valence-corrected chi connectivity index (χ3v) is 6.19. The number of alkyl halides is 3. The van der Waals surface area contributed by atoms with Gasteiger partial charge in [-0.3, -0.25) is 9.59 Å². The van der Waals surface area contributed by atoms with Crippen LogP contribution in [0, 0.1) is 19.8 Å². The lowest BCUT2D eigenvalue weighted by Crippen LogP contribution is -2.29. The molecule has 0 spiro atoms. The Balaban J connectivity index is 1.55. The predicted molar refractivity (Wildman–Crippen MR) is 118 cm³/mol. The summed E-state index contributed by atoms with van der Waals surface area (Å²) in [7, 11) is 0. The highest BCUT2D eigenvalue weighted by atomic mass is 19.4. The van der Waals surface area contributed by atoms with Crippen molar-refractivity contribution in [1.29, 1.82) is 0 Å². The van der Waals surface area contributed by atoms with Gasteiger partial charge in [0.25, 0.3) is 0 Å². The van der Waals surface area contributed by atoms with Crippen molar-refractivity contribution in [3.63, 3.8) is 0 Å². The van der Waals surface area contributed by atoms with Crippen LogP contribution in [0.1, 0.15) is 36.0 Å². The maximum atomic E-state index is 13.5. The monoisotopic (exact) mass is 445 g/mol. The molecule has 0 aromatic heterocycles. The molecule has 2 heterocycles. The molecule has 2 aliphatic heterocycles. The van der Waals surface area contributed by atoms with Crippen molar-refractivity contribution in [3.8, 4) is 0 Å². The van der Waals surface area contributed by atoms with Crippen LogP contribution < -0.4 is 15.1 Å². The summed E-state index contributed by atoms with van der Waals surface area (Å²) >= 11 is 0. The third kappa shape index (κ3) is 4.45. The molecule has 4 rings (SSSR count). The quantitative estimate of drug-likeness (QED) is 0.727. The van der Waals surface area contributed by atoms with Gasteiger partial charge < -0.3 is 15.1 Å². The zero-order valence-electron chi connectivity index (χ0n) is 18.1. The van der Waals surface area contributed by atoms with Crippen LogP contribution in [0.25, 0.3) is 0 Å². The maximum Gasteiger partial charge on any atom is 0.416 e. The van der Waals surface area contributed by atoms with E-state index in [1.165, 1.54) is 0 Å². The van der Waals surface area contributed by atoms with Crippen LogP contribution in [0.5, 0.6) is 0 Å². The normalized spacial score (nSPS) is 19.0. The molecule has 0 saturated carbocycles. The van der Waals surface area contributed by atoms with Gasteiger partial charge in [-0.15, -0.1) is 0 Å². The molecule has 32 heavy (non-hydrogen) atoms. The molecule has 1 atom stereocenters. The largest absolute Gasteiger partial charge is 0.416 e. The smallest absolute Gasteiger partial charge is 0.371 e. The van der Waals surface area contributed by atoms with Gasteiger partial charge in [0.2, 0.25) is 11.8 Å². The lowest BCUT2D eigenvalue weighted by molar-refractivity contribution is -0.137. The van der Waals surface area contributed by atoms with Gasteiger partial charge in [-0.05, 0) is 56.0 Å².